The Morgan fingerprint density at radius 2 is 1.85 bits per heavy atom. The van der Waals surface area contributed by atoms with E-state index >= 15 is 0 Å². The van der Waals surface area contributed by atoms with Gasteiger partial charge in [0.05, 0.1) is 16.7 Å². The third-order valence-electron chi connectivity index (χ3n) is 5.35. The third kappa shape index (κ3) is 5.92. The Morgan fingerprint density at radius 1 is 1.12 bits per heavy atom. The van der Waals surface area contributed by atoms with Gasteiger partial charge in [-0.3, -0.25) is 14.4 Å². The van der Waals surface area contributed by atoms with Gasteiger partial charge in [0.25, 0.3) is 5.91 Å². The smallest absolute Gasteiger partial charge is 0.333 e. The zero-order valence-corrected chi connectivity index (χ0v) is 19.6. The number of benzene rings is 2. The summed E-state index contributed by atoms with van der Waals surface area (Å²) in [5.74, 6) is -4.06. The lowest BCUT2D eigenvalue weighted by Crippen LogP contribution is -2.38. The summed E-state index contributed by atoms with van der Waals surface area (Å²) in [5, 5.41) is 3.64. The van der Waals surface area contributed by atoms with E-state index in [9.17, 15) is 19.2 Å². The van der Waals surface area contributed by atoms with Crippen LogP contribution in [0, 0.1) is 5.92 Å². The highest BCUT2D eigenvalue weighted by atomic mass is 35.5. The van der Waals surface area contributed by atoms with E-state index in [1.165, 1.54) is 0 Å². The highest BCUT2D eigenvalue weighted by Gasteiger charge is 2.48. The van der Waals surface area contributed by atoms with Gasteiger partial charge in [-0.15, -0.1) is 0 Å². The van der Waals surface area contributed by atoms with E-state index in [4.69, 9.17) is 27.9 Å². The fraction of sp³-hybridized carbons (Fsp3) is 0.333. The van der Waals surface area contributed by atoms with E-state index in [1.807, 2.05) is 6.07 Å². The normalized spacial score (nSPS) is 16.6. The topological polar surface area (TPSA) is 92.8 Å². The maximum absolute atomic E-state index is 12.7. The molecule has 9 heteroatoms. The van der Waals surface area contributed by atoms with Crippen molar-refractivity contribution in [2.45, 2.75) is 25.8 Å². The number of hydrogen-bond acceptors (Lipinski definition) is 5. The molecule has 1 unspecified atom stereocenters. The van der Waals surface area contributed by atoms with Crippen molar-refractivity contribution >= 4 is 46.8 Å². The van der Waals surface area contributed by atoms with E-state index < -0.39 is 35.5 Å². The number of nitrogens with one attached hydrogen (secondary N) is 1. The third-order valence-corrected chi connectivity index (χ3v) is 6.09. The fourth-order valence-corrected chi connectivity index (χ4v) is 4.02. The summed E-state index contributed by atoms with van der Waals surface area (Å²) < 4.78 is 5.13. The Kier molecular flexibility index (Phi) is 8.47. The van der Waals surface area contributed by atoms with Gasteiger partial charge in [-0.25, -0.2) is 4.79 Å². The zero-order valence-electron chi connectivity index (χ0n) is 18.1. The molecular weight excluding hydrogens is 467 g/mol. The van der Waals surface area contributed by atoms with E-state index in [1.54, 1.807) is 49.4 Å². The number of carbonyl (C=O) groups excluding carboxylic acids is 4. The quantitative estimate of drug-likeness (QED) is 0.251. The van der Waals surface area contributed by atoms with Crippen molar-refractivity contribution in [2.75, 3.05) is 19.7 Å². The molecule has 2 aromatic rings. The van der Waals surface area contributed by atoms with Gasteiger partial charge in [0.2, 0.25) is 11.7 Å². The molecule has 1 heterocycles. The molecule has 1 aliphatic heterocycles. The number of ketones is 1. The van der Waals surface area contributed by atoms with Crippen LogP contribution in [0.25, 0.3) is 0 Å². The summed E-state index contributed by atoms with van der Waals surface area (Å²) in [6.45, 7) is 1.91. The molecule has 2 aromatic carbocycles. The average Bonchev–Trinajstić information content (AvgIpc) is 3.09. The second kappa shape index (κ2) is 11.3. The van der Waals surface area contributed by atoms with Crippen LogP contribution in [0.5, 0.6) is 0 Å². The zero-order chi connectivity index (χ0) is 24.0. The molecule has 33 heavy (non-hydrogen) atoms. The monoisotopic (exact) mass is 490 g/mol. The van der Waals surface area contributed by atoms with Crippen LogP contribution in [0.1, 0.15) is 30.5 Å². The molecule has 0 radical (unpaired) electrons. The number of halogens is 2. The molecule has 0 aliphatic carbocycles. The summed E-state index contributed by atoms with van der Waals surface area (Å²) in [5.41, 5.74) is 1.48. The first-order valence-electron chi connectivity index (χ1n) is 10.6. The molecule has 3 rings (SSSR count). The minimum absolute atomic E-state index is 0.126. The molecule has 1 fully saturated rings. The molecule has 7 nitrogen and oxygen atoms in total. The summed E-state index contributed by atoms with van der Waals surface area (Å²) in [4.78, 5) is 51.6. The van der Waals surface area contributed by atoms with Gasteiger partial charge in [0.1, 0.15) is 5.92 Å². The molecule has 0 spiro atoms. The predicted molar refractivity (Wildman–Crippen MR) is 124 cm³/mol. The summed E-state index contributed by atoms with van der Waals surface area (Å²) in [6, 6.07) is 12.8. The summed E-state index contributed by atoms with van der Waals surface area (Å²) in [6.07, 6.45) is 1.26. The van der Waals surface area contributed by atoms with Crippen LogP contribution in [-0.4, -0.2) is 48.2 Å². The Balaban J connectivity index is 1.62. The summed E-state index contributed by atoms with van der Waals surface area (Å²) >= 11 is 11.9. The van der Waals surface area contributed by atoms with Crippen molar-refractivity contribution < 1.29 is 23.9 Å². The van der Waals surface area contributed by atoms with Crippen LogP contribution in [0.15, 0.2) is 48.5 Å². The van der Waals surface area contributed by atoms with Crippen LogP contribution in [-0.2, 0) is 30.3 Å². The molecular formula is C24H24Cl2N2O5. The summed E-state index contributed by atoms with van der Waals surface area (Å²) in [7, 11) is 0. The Labute approximate surface area is 202 Å². The SMILES string of the molecule is CCOC(=O)[C@@H](c1ccccc1)N1CC(C(=O)NCCCc2ccc(Cl)c(Cl)c2)C(=O)C1=O. The minimum Gasteiger partial charge on any atom is -0.464 e. The first-order valence-corrected chi connectivity index (χ1v) is 11.4. The van der Waals surface area contributed by atoms with Crippen molar-refractivity contribution in [1.29, 1.82) is 0 Å². The molecule has 1 N–H and O–H groups in total. The molecule has 1 aliphatic rings. The first kappa shape index (κ1) is 24.7. The number of amides is 2. The number of nitrogens with zero attached hydrogens (tertiary/aromatic N) is 1. The van der Waals surface area contributed by atoms with Crippen molar-refractivity contribution in [3.63, 3.8) is 0 Å². The van der Waals surface area contributed by atoms with Gasteiger partial charge < -0.3 is 15.0 Å². The number of hydrogen-bond donors (Lipinski definition) is 1. The molecule has 2 amide bonds. The number of carbonyl (C=O) groups is 4. The number of likely N-dealkylation sites (tertiary alicyclic amines) is 1. The first-order chi connectivity index (χ1) is 15.8. The van der Waals surface area contributed by atoms with Crippen LogP contribution in [0.2, 0.25) is 10.0 Å². The largest absolute Gasteiger partial charge is 0.464 e. The lowest BCUT2D eigenvalue weighted by Gasteiger charge is -2.26. The lowest BCUT2D eigenvalue weighted by atomic mass is 10.1. The molecule has 0 saturated carbocycles. The lowest BCUT2D eigenvalue weighted by molar-refractivity contribution is -0.154. The van der Waals surface area contributed by atoms with Gasteiger partial charge >= 0.3 is 5.97 Å². The van der Waals surface area contributed by atoms with Crippen LogP contribution in [0.3, 0.4) is 0 Å². The standard InChI is InChI=1S/C24H24Cl2N2O5/c1-2-33-24(32)20(16-8-4-3-5-9-16)28-14-17(21(29)23(28)31)22(30)27-12-6-7-15-10-11-18(25)19(26)13-15/h3-5,8-11,13,17,20H,2,6-7,12,14H2,1H3,(H,27,30)/t17?,20-/m1/s1. The number of rotatable bonds is 9. The van der Waals surface area contributed by atoms with Gasteiger partial charge in [-0.2, -0.15) is 0 Å². The van der Waals surface area contributed by atoms with Gasteiger partial charge in [-0.1, -0.05) is 59.6 Å². The number of aryl methyl sites for hydroxylation is 1. The molecule has 174 valence electrons. The second-order valence-electron chi connectivity index (χ2n) is 7.58. The van der Waals surface area contributed by atoms with Crippen molar-refractivity contribution in [3.8, 4) is 0 Å². The minimum atomic E-state index is -1.18. The van der Waals surface area contributed by atoms with Gasteiger partial charge in [-0.05, 0) is 43.0 Å². The predicted octanol–water partition coefficient (Wildman–Crippen LogP) is 3.37. The van der Waals surface area contributed by atoms with Gasteiger partial charge in [0.15, 0.2) is 6.04 Å². The number of ether oxygens (including phenoxy) is 1. The highest BCUT2D eigenvalue weighted by Crippen LogP contribution is 2.29. The van der Waals surface area contributed by atoms with Crippen LogP contribution >= 0.6 is 23.2 Å². The van der Waals surface area contributed by atoms with E-state index in [0.29, 0.717) is 35.0 Å². The highest BCUT2D eigenvalue weighted by molar-refractivity contribution is 6.43. The Hall–Kier alpha value is -2.90. The van der Waals surface area contributed by atoms with Crippen LogP contribution < -0.4 is 5.32 Å². The van der Waals surface area contributed by atoms with E-state index in [0.717, 1.165) is 10.5 Å². The van der Waals surface area contributed by atoms with Crippen LogP contribution in [0.4, 0.5) is 0 Å². The second-order valence-corrected chi connectivity index (χ2v) is 8.40. The van der Waals surface area contributed by atoms with E-state index in [-0.39, 0.29) is 13.2 Å². The van der Waals surface area contributed by atoms with Gasteiger partial charge in [0, 0.05) is 13.1 Å². The number of Topliss-reactive ketones (excluding diaryl/α,β-unsaturated/α-hetero) is 1. The molecule has 0 aromatic heterocycles. The van der Waals surface area contributed by atoms with Crippen molar-refractivity contribution in [2.24, 2.45) is 5.92 Å². The number of esters is 1. The molecule has 1 saturated heterocycles. The molecule has 2 atom stereocenters. The van der Waals surface area contributed by atoms with Crippen molar-refractivity contribution in [3.05, 3.63) is 69.7 Å². The average molecular weight is 491 g/mol. The Bertz CT molecular complexity index is 1040. The molecule has 0 bridgehead atoms. The maximum Gasteiger partial charge on any atom is 0.333 e. The van der Waals surface area contributed by atoms with E-state index in [2.05, 4.69) is 5.32 Å². The van der Waals surface area contributed by atoms with Crippen molar-refractivity contribution in [1.82, 2.24) is 10.2 Å². The Morgan fingerprint density at radius 3 is 2.52 bits per heavy atom. The fourth-order valence-electron chi connectivity index (χ4n) is 3.70. The maximum atomic E-state index is 12.7.